The van der Waals surface area contributed by atoms with Crippen LogP contribution < -0.4 is 0 Å². The molecule has 0 saturated carbocycles. The van der Waals surface area contributed by atoms with Gasteiger partial charge in [0.1, 0.15) is 11.5 Å². The smallest absolute Gasteiger partial charge is 0.264 e. The third-order valence-corrected chi connectivity index (χ3v) is 4.77. The molecule has 1 atom stereocenters. The molecule has 0 radical (unpaired) electrons. The van der Waals surface area contributed by atoms with E-state index in [1.807, 2.05) is 29.3 Å². The van der Waals surface area contributed by atoms with Gasteiger partial charge in [-0.25, -0.2) is 0 Å². The average molecular weight is 290 g/mol. The number of hydrogen-bond acceptors (Lipinski definition) is 4. The highest BCUT2D eigenvalue weighted by molar-refractivity contribution is 7.12. The molecule has 106 valence electrons. The second-order valence-electron chi connectivity index (χ2n) is 5.15. The largest absolute Gasteiger partial charge is 0.361 e. The molecule has 0 aliphatic carbocycles. The van der Waals surface area contributed by atoms with Crippen LogP contribution in [-0.4, -0.2) is 22.5 Å². The summed E-state index contributed by atoms with van der Waals surface area (Å²) in [6.07, 6.45) is 2.88. The van der Waals surface area contributed by atoms with Crippen molar-refractivity contribution in [2.24, 2.45) is 0 Å². The Morgan fingerprint density at radius 3 is 3.15 bits per heavy atom. The Bertz CT molecular complexity index is 617. The molecule has 1 aliphatic heterocycles. The van der Waals surface area contributed by atoms with Crippen LogP contribution in [0.4, 0.5) is 0 Å². The quantitative estimate of drug-likeness (QED) is 0.868. The van der Waals surface area contributed by atoms with Crippen molar-refractivity contribution in [2.75, 3.05) is 6.54 Å². The molecule has 1 amide bonds. The summed E-state index contributed by atoms with van der Waals surface area (Å²) in [6.45, 7) is 4.77. The Morgan fingerprint density at radius 1 is 1.60 bits per heavy atom. The molecule has 20 heavy (non-hydrogen) atoms. The average Bonchev–Trinajstić information content (AvgIpc) is 3.17. The van der Waals surface area contributed by atoms with Crippen LogP contribution in [0.5, 0.6) is 0 Å². The molecule has 3 rings (SSSR count). The monoisotopic (exact) mass is 290 g/mol. The maximum atomic E-state index is 12.8. The summed E-state index contributed by atoms with van der Waals surface area (Å²) >= 11 is 1.54. The summed E-state index contributed by atoms with van der Waals surface area (Å²) in [7, 11) is 0. The normalized spacial score (nSPS) is 18.7. The molecule has 5 heteroatoms. The van der Waals surface area contributed by atoms with Crippen LogP contribution >= 0.6 is 11.3 Å². The number of aromatic nitrogens is 1. The zero-order valence-electron chi connectivity index (χ0n) is 11.8. The fraction of sp³-hybridized carbons (Fsp3) is 0.467. The van der Waals surface area contributed by atoms with E-state index in [1.54, 1.807) is 0 Å². The molecule has 2 aromatic rings. The molecule has 1 unspecified atom stereocenters. The molecule has 0 aromatic carbocycles. The second-order valence-corrected chi connectivity index (χ2v) is 6.06. The standard InChI is InChI=1S/C15H18N2O2S/c1-3-11-6-8-20-14(11)15(18)17-7-4-5-13(17)12-9-10(2)19-16-12/h6,8-9,13H,3-5,7H2,1-2H3. The van der Waals surface area contributed by atoms with Crippen molar-refractivity contribution in [3.05, 3.63) is 39.4 Å². The van der Waals surface area contributed by atoms with Crippen LogP contribution in [0.1, 0.15) is 52.5 Å². The minimum Gasteiger partial charge on any atom is -0.361 e. The Labute approximate surface area is 122 Å². The molecular formula is C15H18N2O2S. The highest BCUT2D eigenvalue weighted by atomic mass is 32.1. The number of aryl methyl sites for hydroxylation is 2. The van der Waals surface area contributed by atoms with Gasteiger partial charge in [-0.2, -0.15) is 0 Å². The van der Waals surface area contributed by atoms with Crippen LogP contribution in [0.25, 0.3) is 0 Å². The number of nitrogens with zero attached hydrogens (tertiary/aromatic N) is 2. The summed E-state index contributed by atoms with van der Waals surface area (Å²) < 4.78 is 5.16. The van der Waals surface area contributed by atoms with Gasteiger partial charge in [-0.15, -0.1) is 11.3 Å². The third kappa shape index (κ3) is 2.26. The van der Waals surface area contributed by atoms with E-state index in [0.717, 1.165) is 47.7 Å². The summed E-state index contributed by atoms with van der Waals surface area (Å²) in [4.78, 5) is 15.6. The Morgan fingerprint density at radius 2 is 2.45 bits per heavy atom. The van der Waals surface area contributed by atoms with Gasteiger partial charge in [0.2, 0.25) is 0 Å². The minimum atomic E-state index is 0.0618. The van der Waals surface area contributed by atoms with E-state index in [2.05, 4.69) is 12.1 Å². The van der Waals surface area contributed by atoms with Gasteiger partial charge in [-0.05, 0) is 43.2 Å². The van der Waals surface area contributed by atoms with E-state index < -0.39 is 0 Å². The molecule has 0 spiro atoms. The minimum absolute atomic E-state index is 0.0618. The van der Waals surface area contributed by atoms with E-state index in [9.17, 15) is 4.79 Å². The number of likely N-dealkylation sites (tertiary alicyclic amines) is 1. The molecule has 4 nitrogen and oxygen atoms in total. The summed E-state index contributed by atoms with van der Waals surface area (Å²) in [5, 5.41) is 6.09. The van der Waals surface area contributed by atoms with Crippen molar-refractivity contribution in [3.8, 4) is 0 Å². The van der Waals surface area contributed by atoms with Crippen molar-refractivity contribution in [3.63, 3.8) is 0 Å². The van der Waals surface area contributed by atoms with Crippen LogP contribution in [0.3, 0.4) is 0 Å². The first-order valence-corrected chi connectivity index (χ1v) is 7.89. The van der Waals surface area contributed by atoms with Gasteiger partial charge in [0, 0.05) is 12.6 Å². The van der Waals surface area contributed by atoms with Crippen molar-refractivity contribution in [2.45, 2.75) is 39.2 Å². The summed E-state index contributed by atoms with van der Waals surface area (Å²) in [5.74, 6) is 0.935. The lowest BCUT2D eigenvalue weighted by atomic mass is 10.1. The highest BCUT2D eigenvalue weighted by Crippen LogP contribution is 2.34. The van der Waals surface area contributed by atoms with Crippen molar-refractivity contribution >= 4 is 17.2 Å². The third-order valence-electron chi connectivity index (χ3n) is 3.82. The topological polar surface area (TPSA) is 46.3 Å². The maximum absolute atomic E-state index is 12.8. The number of hydrogen-bond donors (Lipinski definition) is 0. The number of carbonyl (C=O) groups is 1. The zero-order chi connectivity index (χ0) is 14.1. The lowest BCUT2D eigenvalue weighted by Crippen LogP contribution is -2.30. The van der Waals surface area contributed by atoms with Crippen molar-refractivity contribution < 1.29 is 9.32 Å². The molecule has 0 bridgehead atoms. The van der Waals surface area contributed by atoms with Gasteiger partial charge in [0.25, 0.3) is 5.91 Å². The predicted molar refractivity (Wildman–Crippen MR) is 77.9 cm³/mol. The fourth-order valence-corrected chi connectivity index (χ4v) is 3.74. The van der Waals surface area contributed by atoms with Crippen molar-refractivity contribution in [1.29, 1.82) is 0 Å². The first-order valence-electron chi connectivity index (χ1n) is 7.01. The molecule has 1 saturated heterocycles. The van der Waals surface area contributed by atoms with Crippen LogP contribution in [0.15, 0.2) is 22.0 Å². The van der Waals surface area contributed by atoms with Gasteiger partial charge < -0.3 is 9.42 Å². The Kier molecular flexibility index (Phi) is 3.61. The van der Waals surface area contributed by atoms with Crippen LogP contribution in [-0.2, 0) is 6.42 Å². The number of carbonyl (C=O) groups excluding carboxylic acids is 1. The van der Waals surface area contributed by atoms with Gasteiger partial charge in [-0.3, -0.25) is 4.79 Å². The zero-order valence-corrected chi connectivity index (χ0v) is 12.6. The second kappa shape index (κ2) is 5.40. The molecule has 2 aromatic heterocycles. The molecule has 0 N–H and O–H groups in total. The van der Waals surface area contributed by atoms with Gasteiger partial charge >= 0.3 is 0 Å². The van der Waals surface area contributed by atoms with Crippen molar-refractivity contribution in [1.82, 2.24) is 10.1 Å². The van der Waals surface area contributed by atoms with Crippen LogP contribution in [0, 0.1) is 6.92 Å². The van der Waals surface area contributed by atoms with Crippen LogP contribution in [0.2, 0.25) is 0 Å². The Balaban J connectivity index is 1.87. The molecule has 1 fully saturated rings. The lowest BCUT2D eigenvalue weighted by molar-refractivity contribution is 0.0735. The van der Waals surface area contributed by atoms with Gasteiger partial charge in [0.05, 0.1) is 10.9 Å². The number of rotatable bonds is 3. The van der Waals surface area contributed by atoms with E-state index in [4.69, 9.17) is 4.52 Å². The van der Waals surface area contributed by atoms with E-state index in [1.165, 1.54) is 11.3 Å². The lowest BCUT2D eigenvalue weighted by Gasteiger charge is -2.22. The molecular weight excluding hydrogens is 272 g/mol. The van der Waals surface area contributed by atoms with E-state index in [-0.39, 0.29) is 11.9 Å². The molecule has 3 heterocycles. The first kappa shape index (κ1) is 13.4. The summed E-state index contributed by atoms with van der Waals surface area (Å²) in [6, 6.07) is 4.04. The van der Waals surface area contributed by atoms with E-state index in [0.29, 0.717) is 0 Å². The van der Waals surface area contributed by atoms with Gasteiger partial charge in [-0.1, -0.05) is 12.1 Å². The Hall–Kier alpha value is -1.62. The molecule has 1 aliphatic rings. The maximum Gasteiger partial charge on any atom is 0.264 e. The highest BCUT2D eigenvalue weighted by Gasteiger charge is 2.33. The fourth-order valence-electron chi connectivity index (χ4n) is 2.79. The predicted octanol–water partition coefficient (Wildman–Crippen LogP) is 3.58. The number of thiophene rings is 1. The van der Waals surface area contributed by atoms with E-state index >= 15 is 0 Å². The summed E-state index contributed by atoms with van der Waals surface area (Å²) in [5.41, 5.74) is 2.02. The SMILES string of the molecule is CCc1ccsc1C(=O)N1CCCC1c1cc(C)on1. The number of amides is 1. The first-order chi connectivity index (χ1) is 9.70. The van der Waals surface area contributed by atoms with Gasteiger partial charge in [0.15, 0.2) is 0 Å².